The molecule has 0 bridgehead atoms. The Kier molecular flexibility index (Phi) is 10.2. The van der Waals surface area contributed by atoms with E-state index < -0.39 is 35.7 Å². The van der Waals surface area contributed by atoms with Gasteiger partial charge in [-0.3, -0.25) is 14.4 Å². The Morgan fingerprint density at radius 3 is 1.64 bits per heavy atom. The van der Waals surface area contributed by atoms with Crippen molar-refractivity contribution in [3.63, 3.8) is 0 Å². The monoisotopic (exact) mass is 356 g/mol. The Labute approximate surface area is 150 Å². The number of carbonyl (C=O) groups is 3. The summed E-state index contributed by atoms with van der Waals surface area (Å²) in [5.74, 6) is -4.68. The number of unbranched alkanes of at least 4 members (excludes halogenated alkanes) is 4. The second-order valence-corrected chi connectivity index (χ2v) is 6.76. The van der Waals surface area contributed by atoms with Crippen molar-refractivity contribution in [2.24, 2.45) is 17.8 Å². The largest absolute Gasteiger partial charge is 0.481 e. The van der Waals surface area contributed by atoms with Crippen LogP contribution in [0.4, 0.5) is 0 Å². The standard InChI is InChI=1S/C19H32O6/c1-3-5-7-12-24-18(22)14-10-9-11-15(16(14)17(20)21)19(23)25-13-8-6-4-2/h14-16H,3-13H2,1-2H3,(H,20,21). The van der Waals surface area contributed by atoms with Crippen LogP contribution < -0.4 is 0 Å². The first kappa shape index (κ1) is 21.5. The average Bonchev–Trinajstić information content (AvgIpc) is 2.61. The van der Waals surface area contributed by atoms with Gasteiger partial charge in [0.1, 0.15) is 0 Å². The van der Waals surface area contributed by atoms with Gasteiger partial charge in [-0.15, -0.1) is 0 Å². The van der Waals surface area contributed by atoms with Gasteiger partial charge in [-0.25, -0.2) is 0 Å². The van der Waals surface area contributed by atoms with Crippen LogP contribution in [0, 0.1) is 17.8 Å². The van der Waals surface area contributed by atoms with Crippen molar-refractivity contribution in [2.75, 3.05) is 13.2 Å². The quantitative estimate of drug-likeness (QED) is 0.449. The van der Waals surface area contributed by atoms with Crippen molar-refractivity contribution < 1.29 is 29.0 Å². The molecule has 0 spiro atoms. The van der Waals surface area contributed by atoms with E-state index in [0.29, 0.717) is 32.5 Å². The molecule has 2 unspecified atom stereocenters. The Hall–Kier alpha value is -1.59. The summed E-state index contributed by atoms with van der Waals surface area (Å²) in [6.45, 7) is 4.73. The highest BCUT2D eigenvalue weighted by atomic mass is 16.5. The fourth-order valence-corrected chi connectivity index (χ4v) is 3.33. The molecule has 1 N–H and O–H groups in total. The second-order valence-electron chi connectivity index (χ2n) is 6.76. The van der Waals surface area contributed by atoms with Crippen molar-refractivity contribution in [1.29, 1.82) is 0 Å². The minimum absolute atomic E-state index is 0.307. The molecule has 1 aliphatic rings. The van der Waals surface area contributed by atoms with E-state index in [2.05, 4.69) is 13.8 Å². The first-order chi connectivity index (χ1) is 12.0. The molecule has 0 heterocycles. The van der Waals surface area contributed by atoms with Gasteiger partial charge in [0.25, 0.3) is 0 Å². The number of esters is 2. The normalized spacial score (nSPS) is 23.0. The maximum atomic E-state index is 12.3. The molecule has 0 amide bonds. The van der Waals surface area contributed by atoms with Gasteiger partial charge in [0, 0.05) is 0 Å². The Morgan fingerprint density at radius 1 is 0.840 bits per heavy atom. The third kappa shape index (κ3) is 7.04. The van der Waals surface area contributed by atoms with Gasteiger partial charge in [-0.05, 0) is 25.7 Å². The van der Waals surface area contributed by atoms with E-state index in [1.165, 1.54) is 0 Å². The first-order valence-electron chi connectivity index (χ1n) is 9.58. The molecule has 1 aliphatic carbocycles. The van der Waals surface area contributed by atoms with Crippen molar-refractivity contribution in [1.82, 2.24) is 0 Å². The van der Waals surface area contributed by atoms with E-state index in [9.17, 15) is 19.5 Å². The van der Waals surface area contributed by atoms with Gasteiger partial charge >= 0.3 is 17.9 Å². The maximum absolute atomic E-state index is 12.3. The van der Waals surface area contributed by atoms with Crippen LogP contribution in [0.1, 0.15) is 71.6 Å². The molecule has 0 aliphatic heterocycles. The lowest BCUT2D eigenvalue weighted by Crippen LogP contribution is -2.43. The number of ether oxygens (including phenoxy) is 2. The highest BCUT2D eigenvalue weighted by Gasteiger charge is 2.46. The summed E-state index contributed by atoms with van der Waals surface area (Å²) in [7, 11) is 0. The molecule has 0 aromatic rings. The van der Waals surface area contributed by atoms with E-state index in [0.717, 1.165) is 38.5 Å². The molecule has 0 saturated heterocycles. The topological polar surface area (TPSA) is 89.9 Å². The molecule has 1 fully saturated rings. The number of carboxylic acid groups (broad SMARTS) is 1. The molecule has 144 valence electrons. The zero-order chi connectivity index (χ0) is 18.7. The van der Waals surface area contributed by atoms with Crippen molar-refractivity contribution in [2.45, 2.75) is 71.6 Å². The highest BCUT2D eigenvalue weighted by Crippen LogP contribution is 2.37. The third-order valence-corrected chi connectivity index (χ3v) is 4.77. The van der Waals surface area contributed by atoms with Gasteiger partial charge in [-0.2, -0.15) is 0 Å². The molecule has 2 atom stereocenters. The van der Waals surface area contributed by atoms with E-state index in [1.54, 1.807) is 0 Å². The van der Waals surface area contributed by atoms with Gasteiger partial charge in [0.05, 0.1) is 31.0 Å². The highest BCUT2D eigenvalue weighted by molar-refractivity contribution is 5.86. The fraction of sp³-hybridized carbons (Fsp3) is 0.842. The van der Waals surface area contributed by atoms with Crippen LogP contribution in [0.3, 0.4) is 0 Å². The van der Waals surface area contributed by atoms with Crippen molar-refractivity contribution >= 4 is 17.9 Å². The van der Waals surface area contributed by atoms with Crippen LogP contribution in [0.2, 0.25) is 0 Å². The molecule has 25 heavy (non-hydrogen) atoms. The summed E-state index contributed by atoms with van der Waals surface area (Å²) in [6.07, 6.45) is 7.04. The van der Waals surface area contributed by atoms with Crippen molar-refractivity contribution in [3.8, 4) is 0 Å². The zero-order valence-corrected chi connectivity index (χ0v) is 15.5. The summed E-state index contributed by atoms with van der Waals surface area (Å²) in [4.78, 5) is 36.3. The number of rotatable bonds is 11. The molecule has 1 saturated carbocycles. The molecule has 0 radical (unpaired) electrons. The van der Waals surface area contributed by atoms with E-state index >= 15 is 0 Å². The van der Waals surface area contributed by atoms with Crippen LogP contribution in [-0.4, -0.2) is 36.2 Å². The molecular formula is C19H32O6. The first-order valence-corrected chi connectivity index (χ1v) is 9.58. The lowest BCUT2D eigenvalue weighted by Gasteiger charge is -2.32. The van der Waals surface area contributed by atoms with Gasteiger partial charge in [-0.1, -0.05) is 46.0 Å². The van der Waals surface area contributed by atoms with E-state index in [-0.39, 0.29) is 0 Å². The smallest absolute Gasteiger partial charge is 0.309 e. The van der Waals surface area contributed by atoms with Crippen LogP contribution in [0.25, 0.3) is 0 Å². The van der Waals surface area contributed by atoms with Gasteiger partial charge < -0.3 is 14.6 Å². The molecule has 1 rings (SSSR count). The summed E-state index contributed by atoms with van der Waals surface area (Å²) in [6, 6.07) is 0. The molecule has 6 heteroatoms. The Bertz CT molecular complexity index is 402. The Balaban J connectivity index is 2.65. The lowest BCUT2D eigenvalue weighted by atomic mass is 9.72. The van der Waals surface area contributed by atoms with E-state index in [1.807, 2.05) is 0 Å². The van der Waals surface area contributed by atoms with Gasteiger partial charge in [0.15, 0.2) is 0 Å². The number of carboxylic acids is 1. The second kappa shape index (κ2) is 11.9. The zero-order valence-electron chi connectivity index (χ0n) is 15.5. The fourth-order valence-electron chi connectivity index (χ4n) is 3.33. The molecule has 0 aromatic carbocycles. The summed E-state index contributed by atoms with van der Waals surface area (Å²) < 4.78 is 10.5. The molecule has 6 nitrogen and oxygen atoms in total. The van der Waals surface area contributed by atoms with E-state index in [4.69, 9.17) is 9.47 Å². The summed E-state index contributed by atoms with van der Waals surface area (Å²) in [5.41, 5.74) is 0. The SMILES string of the molecule is CCCCCOC(=O)C1CCCC(C(=O)OCCCCC)C1C(=O)O. The lowest BCUT2D eigenvalue weighted by molar-refractivity contribution is -0.169. The predicted molar refractivity (Wildman–Crippen MR) is 92.9 cm³/mol. The minimum atomic E-state index is -1.12. The molecular weight excluding hydrogens is 324 g/mol. The van der Waals surface area contributed by atoms with Crippen LogP contribution in [0.5, 0.6) is 0 Å². The van der Waals surface area contributed by atoms with Crippen molar-refractivity contribution in [3.05, 3.63) is 0 Å². The number of hydrogen-bond donors (Lipinski definition) is 1. The van der Waals surface area contributed by atoms with Crippen LogP contribution in [0.15, 0.2) is 0 Å². The van der Waals surface area contributed by atoms with Crippen LogP contribution >= 0.6 is 0 Å². The maximum Gasteiger partial charge on any atom is 0.309 e. The molecule has 0 aromatic heterocycles. The third-order valence-electron chi connectivity index (χ3n) is 4.77. The minimum Gasteiger partial charge on any atom is -0.481 e. The van der Waals surface area contributed by atoms with Gasteiger partial charge in [0.2, 0.25) is 0 Å². The summed E-state index contributed by atoms with van der Waals surface area (Å²) >= 11 is 0. The Morgan fingerprint density at radius 2 is 1.28 bits per heavy atom. The van der Waals surface area contributed by atoms with Crippen LogP contribution in [-0.2, 0) is 23.9 Å². The average molecular weight is 356 g/mol. The summed E-state index contributed by atoms with van der Waals surface area (Å²) in [5, 5.41) is 9.58. The number of aliphatic carboxylic acids is 1. The number of hydrogen-bond acceptors (Lipinski definition) is 5. The number of carbonyl (C=O) groups excluding carboxylic acids is 2. The predicted octanol–water partition coefficient (Wildman–Crippen LogP) is 3.57.